The van der Waals surface area contributed by atoms with Gasteiger partial charge in [0, 0.05) is 17.7 Å². The molecule has 186 valence electrons. The first-order valence-corrected chi connectivity index (χ1v) is 13.2. The van der Waals surface area contributed by atoms with Crippen molar-refractivity contribution in [2.45, 2.75) is 57.0 Å². The Kier molecular flexibility index (Phi) is 7.69. The van der Waals surface area contributed by atoms with Gasteiger partial charge in [-0.3, -0.25) is 4.79 Å². The minimum atomic E-state index is -0.992. The van der Waals surface area contributed by atoms with E-state index in [1.54, 1.807) is 13.8 Å². The molecule has 4 rings (SSSR count). The van der Waals surface area contributed by atoms with E-state index in [2.05, 4.69) is 29.6 Å². The van der Waals surface area contributed by atoms with E-state index in [1.165, 1.54) is 16.7 Å². The molecule has 2 aromatic carbocycles. The van der Waals surface area contributed by atoms with Crippen molar-refractivity contribution in [1.82, 2.24) is 10.2 Å². The van der Waals surface area contributed by atoms with Crippen LogP contribution in [0.2, 0.25) is 0 Å². The Labute approximate surface area is 210 Å². The number of nitrogens with one attached hydrogen (secondary N) is 1. The van der Waals surface area contributed by atoms with Crippen LogP contribution >= 0.6 is 11.8 Å². The Hall–Kier alpha value is -3.00. The Morgan fingerprint density at radius 1 is 1.09 bits per heavy atom. The molecule has 35 heavy (non-hydrogen) atoms. The molecule has 1 aliphatic carbocycles. The van der Waals surface area contributed by atoms with Gasteiger partial charge in [0.25, 0.3) is 0 Å². The number of hydrogen-bond acceptors (Lipinski definition) is 5. The number of hydrogen-bond donors (Lipinski definition) is 2. The smallest absolute Gasteiger partial charge is 0.407 e. The number of carbonyl (C=O) groups excluding carboxylic acids is 2. The van der Waals surface area contributed by atoms with Gasteiger partial charge in [0.2, 0.25) is 5.91 Å². The number of benzene rings is 2. The highest BCUT2D eigenvalue weighted by Crippen LogP contribution is 2.44. The van der Waals surface area contributed by atoms with Gasteiger partial charge in [-0.15, -0.1) is 11.8 Å². The van der Waals surface area contributed by atoms with Crippen molar-refractivity contribution < 1.29 is 24.2 Å². The molecule has 4 atom stereocenters. The predicted octanol–water partition coefficient (Wildman–Crippen LogP) is 4.70. The highest BCUT2D eigenvalue weighted by molar-refractivity contribution is 8.00. The van der Waals surface area contributed by atoms with Gasteiger partial charge in [0.15, 0.2) is 0 Å². The van der Waals surface area contributed by atoms with Gasteiger partial charge in [0.1, 0.15) is 12.6 Å². The maximum atomic E-state index is 13.3. The third-order valence-electron chi connectivity index (χ3n) is 7.00. The van der Waals surface area contributed by atoms with Crippen molar-refractivity contribution in [3.63, 3.8) is 0 Å². The van der Waals surface area contributed by atoms with Crippen LogP contribution in [0.3, 0.4) is 0 Å². The molecular formula is C27H32N2O5S. The van der Waals surface area contributed by atoms with E-state index in [9.17, 15) is 19.5 Å². The van der Waals surface area contributed by atoms with E-state index in [4.69, 9.17) is 4.74 Å². The third-order valence-corrected chi connectivity index (χ3v) is 8.35. The lowest BCUT2D eigenvalue weighted by molar-refractivity contribution is -0.151. The van der Waals surface area contributed by atoms with E-state index in [-0.39, 0.29) is 23.8 Å². The summed E-state index contributed by atoms with van der Waals surface area (Å²) in [6.45, 7) is 5.68. The molecule has 0 saturated carbocycles. The molecule has 2 N–H and O–H groups in total. The average molecular weight is 497 g/mol. The Bertz CT molecular complexity index is 1060. The van der Waals surface area contributed by atoms with Crippen LogP contribution in [0.15, 0.2) is 48.5 Å². The minimum absolute atomic E-state index is 0.0461. The maximum absolute atomic E-state index is 13.3. The Morgan fingerprint density at radius 3 is 2.26 bits per heavy atom. The number of carbonyl (C=O) groups is 3. The van der Waals surface area contributed by atoms with E-state index in [1.807, 2.05) is 31.2 Å². The fourth-order valence-corrected chi connectivity index (χ4v) is 6.44. The molecule has 0 aromatic heterocycles. The minimum Gasteiger partial charge on any atom is -0.480 e. The summed E-state index contributed by atoms with van der Waals surface area (Å²) in [5, 5.41) is 12.2. The fraction of sp³-hybridized carbons (Fsp3) is 0.444. The Morgan fingerprint density at radius 2 is 1.69 bits per heavy atom. The van der Waals surface area contributed by atoms with Crippen LogP contribution in [-0.4, -0.2) is 57.8 Å². The molecule has 1 saturated heterocycles. The molecule has 2 aliphatic rings. The molecular weight excluding hydrogens is 464 g/mol. The SMILES string of the molecule is CCCC1SCC(C(=O)O)N1C(=O)C(C)C(C)NC(=O)OCC1c2ccccc2-c2ccccc21. The highest BCUT2D eigenvalue weighted by atomic mass is 32.2. The van der Waals surface area contributed by atoms with Crippen LogP contribution in [0.1, 0.15) is 50.7 Å². The second-order valence-electron chi connectivity index (χ2n) is 9.22. The molecule has 7 nitrogen and oxygen atoms in total. The third kappa shape index (κ3) is 5.03. The number of nitrogens with zero attached hydrogens (tertiary/aromatic N) is 1. The largest absolute Gasteiger partial charge is 0.480 e. The molecule has 2 aromatic rings. The molecule has 0 bridgehead atoms. The van der Waals surface area contributed by atoms with Gasteiger partial charge < -0.3 is 20.1 Å². The molecule has 8 heteroatoms. The van der Waals surface area contributed by atoms with Crippen molar-refractivity contribution in [2.24, 2.45) is 5.92 Å². The number of ether oxygens (including phenoxy) is 1. The monoisotopic (exact) mass is 496 g/mol. The molecule has 1 aliphatic heterocycles. The second kappa shape index (κ2) is 10.7. The number of thioether (sulfide) groups is 1. The number of amides is 2. The lowest BCUT2D eigenvalue weighted by Gasteiger charge is -2.32. The van der Waals surface area contributed by atoms with Crippen molar-refractivity contribution in [1.29, 1.82) is 0 Å². The van der Waals surface area contributed by atoms with Gasteiger partial charge in [-0.2, -0.15) is 0 Å². The average Bonchev–Trinajstić information content (AvgIpc) is 3.41. The van der Waals surface area contributed by atoms with Crippen LogP contribution in [0.4, 0.5) is 4.79 Å². The molecule has 4 unspecified atom stereocenters. The lowest BCUT2D eigenvalue weighted by atomic mass is 9.98. The highest BCUT2D eigenvalue weighted by Gasteiger charge is 2.43. The molecule has 2 amide bonds. The van der Waals surface area contributed by atoms with Gasteiger partial charge in [-0.25, -0.2) is 9.59 Å². The quantitative estimate of drug-likeness (QED) is 0.550. The van der Waals surface area contributed by atoms with Crippen molar-refractivity contribution in [2.75, 3.05) is 12.4 Å². The van der Waals surface area contributed by atoms with E-state index >= 15 is 0 Å². The van der Waals surface area contributed by atoms with Crippen LogP contribution in [0.25, 0.3) is 11.1 Å². The summed E-state index contributed by atoms with van der Waals surface area (Å²) < 4.78 is 5.61. The van der Waals surface area contributed by atoms with Crippen molar-refractivity contribution in [3.8, 4) is 11.1 Å². The zero-order valence-corrected chi connectivity index (χ0v) is 21.1. The summed E-state index contributed by atoms with van der Waals surface area (Å²) in [4.78, 5) is 39.2. The summed E-state index contributed by atoms with van der Waals surface area (Å²) in [6.07, 6.45) is 1.01. The van der Waals surface area contributed by atoms with Gasteiger partial charge >= 0.3 is 12.1 Å². The number of carboxylic acid groups (broad SMARTS) is 1. The second-order valence-corrected chi connectivity index (χ2v) is 10.4. The van der Waals surface area contributed by atoms with Crippen molar-refractivity contribution >= 4 is 29.7 Å². The number of aliphatic carboxylic acids is 1. The number of rotatable bonds is 8. The van der Waals surface area contributed by atoms with Gasteiger partial charge in [-0.05, 0) is 35.6 Å². The van der Waals surface area contributed by atoms with E-state index < -0.39 is 30.1 Å². The first-order chi connectivity index (χ1) is 16.8. The standard InChI is InChI=1S/C27H32N2O5S/c1-4-9-24-29(23(15-35-24)26(31)32)25(30)16(2)17(3)28-27(33)34-14-22-20-12-7-5-10-18(20)19-11-6-8-13-21(19)22/h5-8,10-13,16-17,22-24H,4,9,14-15H2,1-3H3,(H,28,33)(H,31,32). The maximum Gasteiger partial charge on any atom is 0.407 e. The summed E-state index contributed by atoms with van der Waals surface area (Å²) in [5.41, 5.74) is 4.57. The van der Waals surface area contributed by atoms with Crippen molar-refractivity contribution in [3.05, 3.63) is 59.7 Å². The first kappa shape index (κ1) is 25.1. The fourth-order valence-electron chi connectivity index (χ4n) is 4.92. The van der Waals surface area contributed by atoms with Crippen LogP contribution in [-0.2, 0) is 14.3 Å². The lowest BCUT2D eigenvalue weighted by Crippen LogP contribution is -2.51. The van der Waals surface area contributed by atoms with Crippen LogP contribution in [0, 0.1) is 5.92 Å². The van der Waals surface area contributed by atoms with Gasteiger partial charge in [0.05, 0.1) is 11.3 Å². The molecule has 1 fully saturated rings. The van der Waals surface area contributed by atoms with Gasteiger partial charge in [-0.1, -0.05) is 68.8 Å². The van der Waals surface area contributed by atoms with E-state index in [0.717, 1.165) is 35.1 Å². The molecule has 1 heterocycles. The normalized spacial score (nSPS) is 20.6. The zero-order valence-electron chi connectivity index (χ0n) is 20.3. The Balaban J connectivity index is 1.38. The molecule has 0 radical (unpaired) electrons. The number of carboxylic acids is 1. The molecule has 0 spiro atoms. The number of fused-ring (bicyclic) bond motifs is 3. The number of alkyl carbamates (subject to hydrolysis) is 1. The summed E-state index contributed by atoms with van der Waals surface area (Å²) in [7, 11) is 0. The van der Waals surface area contributed by atoms with E-state index in [0.29, 0.717) is 5.75 Å². The first-order valence-electron chi connectivity index (χ1n) is 12.1. The van der Waals surface area contributed by atoms with Crippen LogP contribution < -0.4 is 5.32 Å². The summed E-state index contributed by atoms with van der Waals surface area (Å²) >= 11 is 1.51. The predicted molar refractivity (Wildman–Crippen MR) is 136 cm³/mol. The van der Waals surface area contributed by atoms with Crippen LogP contribution in [0.5, 0.6) is 0 Å². The summed E-state index contributed by atoms with van der Waals surface area (Å²) in [5.74, 6) is -1.50. The topological polar surface area (TPSA) is 95.9 Å². The zero-order chi connectivity index (χ0) is 25.1. The summed E-state index contributed by atoms with van der Waals surface area (Å²) in [6, 6.07) is 14.9.